The maximum Gasteiger partial charge on any atom is 0.0300 e. The minimum absolute atomic E-state index is 0.810. The van der Waals surface area contributed by atoms with Crippen LogP contribution in [0, 0.1) is 0 Å². The number of fused-ring (bicyclic) bond motifs is 2. The molecule has 0 radical (unpaired) electrons. The first-order valence-corrected chi connectivity index (χ1v) is 8.38. The molecule has 2 aliphatic rings. The molecule has 3 rings (SSSR count). The highest BCUT2D eigenvalue weighted by atomic mass is 32.1. The molecule has 2 bridgehead atoms. The van der Waals surface area contributed by atoms with Crippen molar-refractivity contribution >= 4 is 11.3 Å². The number of nitrogens with one attached hydrogen (secondary N) is 1. The van der Waals surface area contributed by atoms with E-state index in [0.717, 1.165) is 25.2 Å². The molecular weight excluding hydrogens is 254 g/mol. The van der Waals surface area contributed by atoms with Gasteiger partial charge in [0.1, 0.15) is 0 Å². The van der Waals surface area contributed by atoms with Crippen LogP contribution in [0.1, 0.15) is 24.1 Å². The minimum Gasteiger partial charge on any atom is -0.311 e. The second kappa shape index (κ2) is 6.35. The molecule has 2 unspecified atom stereocenters. The van der Waals surface area contributed by atoms with Crippen molar-refractivity contribution in [2.75, 3.05) is 33.2 Å². The van der Waals surface area contributed by atoms with Gasteiger partial charge in [-0.1, -0.05) is 6.07 Å². The Morgan fingerprint density at radius 1 is 1.32 bits per heavy atom. The normalized spacial score (nSPS) is 28.7. The summed E-state index contributed by atoms with van der Waals surface area (Å²) in [4.78, 5) is 6.72. The third-order valence-electron chi connectivity index (χ3n) is 4.72. The van der Waals surface area contributed by atoms with Crippen molar-refractivity contribution in [3.63, 3.8) is 0 Å². The van der Waals surface area contributed by atoms with Crippen LogP contribution < -0.4 is 5.32 Å². The zero-order valence-corrected chi connectivity index (χ0v) is 12.7. The second-order valence-electron chi connectivity index (χ2n) is 5.90. The largest absolute Gasteiger partial charge is 0.311 e. The van der Waals surface area contributed by atoms with Gasteiger partial charge in [-0.25, -0.2) is 0 Å². The van der Waals surface area contributed by atoms with Crippen molar-refractivity contribution in [1.29, 1.82) is 0 Å². The van der Waals surface area contributed by atoms with Gasteiger partial charge in [-0.15, -0.1) is 11.3 Å². The number of thiophene rings is 1. The van der Waals surface area contributed by atoms with E-state index in [2.05, 4.69) is 39.7 Å². The van der Waals surface area contributed by atoms with Crippen molar-refractivity contribution in [1.82, 2.24) is 15.1 Å². The molecular formula is C15H25N3S. The maximum atomic E-state index is 3.57. The molecule has 0 spiro atoms. The summed E-state index contributed by atoms with van der Waals surface area (Å²) >= 11 is 1.84. The standard InChI is InChI=1S/C15H25N3S/c1-17-13-4-5-14(17)12-18(8-6-13)9-7-16-11-15-3-2-10-19-15/h2-3,10,13-14,16H,4-9,11-12H2,1H3. The molecule has 4 heteroatoms. The van der Waals surface area contributed by atoms with Gasteiger partial charge in [0.25, 0.3) is 0 Å². The van der Waals surface area contributed by atoms with Crippen LogP contribution in [-0.4, -0.2) is 55.1 Å². The second-order valence-corrected chi connectivity index (χ2v) is 6.93. The number of hydrogen-bond acceptors (Lipinski definition) is 4. The van der Waals surface area contributed by atoms with Gasteiger partial charge in [0.05, 0.1) is 0 Å². The van der Waals surface area contributed by atoms with E-state index in [9.17, 15) is 0 Å². The molecule has 1 aromatic heterocycles. The van der Waals surface area contributed by atoms with Crippen molar-refractivity contribution in [3.8, 4) is 0 Å². The predicted octanol–water partition coefficient (Wildman–Crippen LogP) is 2.01. The smallest absolute Gasteiger partial charge is 0.0300 e. The van der Waals surface area contributed by atoms with Crippen molar-refractivity contribution in [2.45, 2.75) is 37.9 Å². The van der Waals surface area contributed by atoms with Gasteiger partial charge in [0.2, 0.25) is 0 Å². The molecule has 19 heavy (non-hydrogen) atoms. The predicted molar refractivity (Wildman–Crippen MR) is 81.7 cm³/mol. The Labute approximate surface area is 120 Å². The summed E-state index contributed by atoms with van der Waals surface area (Å²) in [5.41, 5.74) is 0. The van der Waals surface area contributed by atoms with Gasteiger partial charge in [-0.2, -0.15) is 0 Å². The molecule has 3 heterocycles. The van der Waals surface area contributed by atoms with Crippen LogP contribution in [0.5, 0.6) is 0 Å². The monoisotopic (exact) mass is 279 g/mol. The van der Waals surface area contributed by atoms with E-state index in [1.807, 2.05) is 11.3 Å². The fourth-order valence-corrected chi connectivity index (χ4v) is 4.12. The highest BCUT2D eigenvalue weighted by Gasteiger charge is 2.34. The average Bonchev–Trinajstić information content (AvgIpc) is 2.97. The van der Waals surface area contributed by atoms with Crippen LogP contribution in [0.4, 0.5) is 0 Å². The summed E-state index contributed by atoms with van der Waals surface area (Å²) < 4.78 is 0. The summed E-state index contributed by atoms with van der Waals surface area (Å²) in [5.74, 6) is 0. The first kappa shape index (κ1) is 13.6. The number of nitrogens with zero attached hydrogens (tertiary/aromatic N) is 2. The minimum atomic E-state index is 0.810. The molecule has 1 aromatic rings. The Hall–Kier alpha value is -0.420. The van der Waals surface area contributed by atoms with E-state index in [0.29, 0.717) is 0 Å². The van der Waals surface area contributed by atoms with Crippen LogP contribution >= 0.6 is 11.3 Å². The van der Waals surface area contributed by atoms with Crippen molar-refractivity contribution in [3.05, 3.63) is 22.4 Å². The molecule has 0 amide bonds. The Kier molecular flexibility index (Phi) is 4.53. The quantitative estimate of drug-likeness (QED) is 0.832. The summed E-state index contributed by atoms with van der Waals surface area (Å²) in [6.45, 7) is 5.89. The van der Waals surface area contributed by atoms with Crippen LogP contribution in [0.15, 0.2) is 17.5 Å². The van der Waals surface area contributed by atoms with Gasteiger partial charge < -0.3 is 10.2 Å². The Bertz CT molecular complexity index is 379. The topological polar surface area (TPSA) is 18.5 Å². The molecule has 3 nitrogen and oxygen atoms in total. The summed E-state index contributed by atoms with van der Waals surface area (Å²) in [7, 11) is 2.32. The first-order chi connectivity index (χ1) is 9.33. The lowest BCUT2D eigenvalue weighted by Gasteiger charge is -2.25. The SMILES string of the molecule is CN1C2CCC1CN(CCNCc1cccs1)CC2. The van der Waals surface area contributed by atoms with E-state index in [1.165, 1.54) is 43.8 Å². The summed E-state index contributed by atoms with van der Waals surface area (Å²) in [6, 6.07) is 6.00. The van der Waals surface area contributed by atoms with Gasteiger partial charge in [-0.05, 0) is 44.3 Å². The fraction of sp³-hybridized carbons (Fsp3) is 0.733. The van der Waals surface area contributed by atoms with Gasteiger partial charge in [-0.3, -0.25) is 4.90 Å². The van der Waals surface area contributed by atoms with E-state index in [4.69, 9.17) is 0 Å². The van der Waals surface area contributed by atoms with Gasteiger partial charge >= 0.3 is 0 Å². The average molecular weight is 279 g/mol. The van der Waals surface area contributed by atoms with Crippen LogP contribution in [0.25, 0.3) is 0 Å². The summed E-state index contributed by atoms with van der Waals surface area (Å²) in [6.07, 6.45) is 4.18. The Balaban J connectivity index is 1.39. The lowest BCUT2D eigenvalue weighted by Crippen LogP contribution is -2.39. The van der Waals surface area contributed by atoms with Crippen LogP contribution in [0.2, 0.25) is 0 Å². The van der Waals surface area contributed by atoms with Crippen molar-refractivity contribution < 1.29 is 0 Å². The molecule has 106 valence electrons. The Morgan fingerprint density at radius 2 is 2.21 bits per heavy atom. The zero-order chi connectivity index (χ0) is 13.1. The van der Waals surface area contributed by atoms with Crippen LogP contribution in [-0.2, 0) is 6.54 Å². The number of likely N-dealkylation sites (N-methyl/N-ethyl adjacent to an activating group) is 1. The highest BCUT2D eigenvalue weighted by Crippen LogP contribution is 2.28. The van der Waals surface area contributed by atoms with Crippen molar-refractivity contribution in [2.24, 2.45) is 0 Å². The molecule has 0 aliphatic carbocycles. The lowest BCUT2D eigenvalue weighted by atomic mass is 10.1. The zero-order valence-electron chi connectivity index (χ0n) is 11.8. The Morgan fingerprint density at radius 3 is 3.05 bits per heavy atom. The third-order valence-corrected chi connectivity index (χ3v) is 5.59. The first-order valence-electron chi connectivity index (χ1n) is 7.50. The number of rotatable bonds is 5. The fourth-order valence-electron chi connectivity index (χ4n) is 3.44. The molecule has 0 saturated carbocycles. The molecule has 2 aliphatic heterocycles. The maximum absolute atomic E-state index is 3.57. The van der Waals surface area contributed by atoms with E-state index < -0.39 is 0 Å². The molecule has 0 aromatic carbocycles. The highest BCUT2D eigenvalue weighted by molar-refractivity contribution is 7.09. The molecule has 2 saturated heterocycles. The third kappa shape index (κ3) is 3.37. The molecule has 2 fully saturated rings. The number of hydrogen-bond donors (Lipinski definition) is 1. The summed E-state index contributed by atoms with van der Waals surface area (Å²) in [5, 5.41) is 5.72. The van der Waals surface area contributed by atoms with Gasteiger partial charge in [0, 0.05) is 43.1 Å². The number of likely N-dealkylation sites (tertiary alicyclic amines) is 1. The van der Waals surface area contributed by atoms with Crippen LogP contribution in [0.3, 0.4) is 0 Å². The van der Waals surface area contributed by atoms with Gasteiger partial charge in [0.15, 0.2) is 0 Å². The van der Waals surface area contributed by atoms with E-state index in [1.54, 1.807) is 0 Å². The van der Waals surface area contributed by atoms with E-state index in [-0.39, 0.29) is 0 Å². The lowest BCUT2D eigenvalue weighted by molar-refractivity contribution is 0.219. The molecule has 2 atom stereocenters. The molecule has 1 N–H and O–H groups in total. The van der Waals surface area contributed by atoms with E-state index >= 15 is 0 Å².